The highest BCUT2D eigenvalue weighted by atomic mass is 19.1. The van der Waals surface area contributed by atoms with E-state index in [0.29, 0.717) is 18.7 Å². The number of methoxy groups -OCH3 is 1. The minimum absolute atomic E-state index is 0.150. The maximum absolute atomic E-state index is 13.5. The van der Waals surface area contributed by atoms with Crippen molar-refractivity contribution in [2.24, 2.45) is 5.92 Å². The van der Waals surface area contributed by atoms with Gasteiger partial charge in [0.25, 0.3) is 0 Å². The standard InChI is InChI=1S/C25H29FN4O3/c1-32-24-27-14-12-21(29-24)23-22(17-4-8-19(26)9-5-17)28-16-30(23)20-10-6-18(7-11-20)25(31)13-2-3-15-33-25/h4-5,8-9,12,14,16,18,20,31H,2-3,6-7,10-11,13,15H2,1H3. The summed E-state index contributed by atoms with van der Waals surface area (Å²) in [6.45, 7) is 0.638. The fourth-order valence-electron chi connectivity index (χ4n) is 5.21. The van der Waals surface area contributed by atoms with Gasteiger partial charge in [-0.2, -0.15) is 4.98 Å². The fourth-order valence-corrected chi connectivity index (χ4v) is 5.21. The van der Waals surface area contributed by atoms with Crippen molar-refractivity contribution in [3.8, 4) is 28.7 Å². The van der Waals surface area contributed by atoms with E-state index < -0.39 is 5.79 Å². The monoisotopic (exact) mass is 452 g/mol. The van der Waals surface area contributed by atoms with Crippen LogP contribution in [0.25, 0.3) is 22.6 Å². The van der Waals surface area contributed by atoms with E-state index in [1.165, 1.54) is 19.2 Å². The Kier molecular flexibility index (Phi) is 6.12. The van der Waals surface area contributed by atoms with Crippen molar-refractivity contribution in [2.45, 2.75) is 56.8 Å². The van der Waals surface area contributed by atoms with Crippen LogP contribution in [0, 0.1) is 11.7 Å². The Labute approximate surface area is 192 Å². The molecule has 1 N–H and O–H groups in total. The number of benzene rings is 1. The Morgan fingerprint density at radius 3 is 2.58 bits per heavy atom. The smallest absolute Gasteiger partial charge is 0.316 e. The molecule has 1 aromatic carbocycles. The van der Waals surface area contributed by atoms with Gasteiger partial charge in [-0.3, -0.25) is 0 Å². The van der Waals surface area contributed by atoms with Crippen molar-refractivity contribution < 1.29 is 19.0 Å². The van der Waals surface area contributed by atoms with Gasteiger partial charge in [-0.1, -0.05) is 0 Å². The zero-order valence-corrected chi connectivity index (χ0v) is 18.8. The van der Waals surface area contributed by atoms with E-state index in [1.807, 2.05) is 12.4 Å². The summed E-state index contributed by atoms with van der Waals surface area (Å²) in [7, 11) is 1.54. The molecule has 1 saturated heterocycles. The van der Waals surface area contributed by atoms with Crippen LogP contribution in [-0.2, 0) is 4.74 Å². The number of hydrogen-bond acceptors (Lipinski definition) is 6. The highest BCUT2D eigenvalue weighted by molar-refractivity contribution is 5.77. The fraction of sp³-hybridized carbons (Fsp3) is 0.480. The van der Waals surface area contributed by atoms with Crippen LogP contribution >= 0.6 is 0 Å². The average Bonchev–Trinajstić information content (AvgIpc) is 3.30. The van der Waals surface area contributed by atoms with Gasteiger partial charge in [0.05, 0.1) is 37.1 Å². The van der Waals surface area contributed by atoms with Gasteiger partial charge < -0.3 is 19.1 Å². The van der Waals surface area contributed by atoms with Crippen molar-refractivity contribution in [3.05, 3.63) is 48.7 Å². The van der Waals surface area contributed by atoms with Gasteiger partial charge in [-0.05, 0) is 68.9 Å². The first kappa shape index (κ1) is 22.0. The molecule has 1 atom stereocenters. The third-order valence-corrected chi connectivity index (χ3v) is 6.98. The van der Waals surface area contributed by atoms with Crippen molar-refractivity contribution in [1.82, 2.24) is 19.5 Å². The number of halogens is 1. The normalized spacial score (nSPS) is 25.7. The summed E-state index contributed by atoms with van der Waals surface area (Å²) in [4.78, 5) is 13.4. The summed E-state index contributed by atoms with van der Waals surface area (Å²) >= 11 is 0. The molecular weight excluding hydrogens is 423 g/mol. The minimum Gasteiger partial charge on any atom is -0.467 e. The van der Waals surface area contributed by atoms with Gasteiger partial charge in [-0.25, -0.2) is 14.4 Å². The highest BCUT2D eigenvalue weighted by Crippen LogP contribution is 2.44. The molecule has 0 spiro atoms. The number of ether oxygens (including phenoxy) is 2. The number of aliphatic hydroxyl groups is 1. The van der Waals surface area contributed by atoms with Gasteiger partial charge in [0.15, 0.2) is 5.79 Å². The number of aromatic nitrogens is 4. The summed E-state index contributed by atoms with van der Waals surface area (Å²) in [5.74, 6) is -1.12. The topological polar surface area (TPSA) is 82.3 Å². The van der Waals surface area contributed by atoms with Gasteiger partial charge in [0.1, 0.15) is 5.82 Å². The van der Waals surface area contributed by atoms with Crippen molar-refractivity contribution >= 4 is 0 Å². The summed E-state index contributed by atoms with van der Waals surface area (Å²) in [5, 5.41) is 11.0. The summed E-state index contributed by atoms with van der Waals surface area (Å²) < 4.78 is 26.8. The largest absolute Gasteiger partial charge is 0.467 e. The Morgan fingerprint density at radius 1 is 1.09 bits per heavy atom. The Bertz CT molecular complexity index is 1090. The molecule has 1 aliphatic carbocycles. The molecule has 8 heteroatoms. The maximum atomic E-state index is 13.5. The first-order valence-corrected chi connectivity index (χ1v) is 11.6. The Balaban J connectivity index is 1.47. The van der Waals surface area contributed by atoms with E-state index >= 15 is 0 Å². The van der Waals surface area contributed by atoms with Crippen LogP contribution in [0.4, 0.5) is 4.39 Å². The second-order valence-corrected chi connectivity index (χ2v) is 8.94. The van der Waals surface area contributed by atoms with Gasteiger partial charge >= 0.3 is 6.01 Å². The molecule has 3 aromatic rings. The number of rotatable bonds is 5. The van der Waals surface area contributed by atoms with E-state index in [4.69, 9.17) is 14.5 Å². The lowest BCUT2D eigenvalue weighted by Gasteiger charge is -2.42. The van der Waals surface area contributed by atoms with E-state index in [1.54, 1.807) is 18.3 Å². The average molecular weight is 453 g/mol. The van der Waals surface area contributed by atoms with E-state index in [0.717, 1.165) is 55.5 Å². The molecule has 5 rings (SSSR count). The molecule has 3 heterocycles. The lowest BCUT2D eigenvalue weighted by Crippen LogP contribution is -2.45. The molecule has 33 heavy (non-hydrogen) atoms. The molecule has 174 valence electrons. The van der Waals surface area contributed by atoms with Crippen LogP contribution in [-0.4, -0.2) is 44.1 Å². The first-order chi connectivity index (χ1) is 16.1. The molecule has 1 unspecified atom stereocenters. The molecule has 2 aromatic heterocycles. The van der Waals surface area contributed by atoms with E-state index in [2.05, 4.69) is 14.5 Å². The predicted octanol–water partition coefficient (Wildman–Crippen LogP) is 4.78. The predicted molar refractivity (Wildman–Crippen MR) is 121 cm³/mol. The molecule has 7 nitrogen and oxygen atoms in total. The van der Waals surface area contributed by atoms with Crippen LogP contribution in [0.5, 0.6) is 6.01 Å². The molecule has 1 aliphatic heterocycles. The van der Waals surface area contributed by atoms with Gasteiger partial charge in [0, 0.05) is 30.1 Å². The Morgan fingerprint density at radius 2 is 1.88 bits per heavy atom. The molecule has 2 fully saturated rings. The van der Waals surface area contributed by atoms with Crippen LogP contribution < -0.4 is 4.74 Å². The van der Waals surface area contributed by atoms with Crippen molar-refractivity contribution in [3.63, 3.8) is 0 Å². The molecule has 0 radical (unpaired) electrons. The lowest BCUT2D eigenvalue weighted by atomic mass is 9.78. The van der Waals surface area contributed by atoms with Crippen LogP contribution in [0.15, 0.2) is 42.9 Å². The zero-order chi connectivity index (χ0) is 22.8. The summed E-state index contributed by atoms with van der Waals surface area (Å²) in [6, 6.07) is 8.68. The minimum atomic E-state index is -0.986. The first-order valence-electron chi connectivity index (χ1n) is 11.6. The van der Waals surface area contributed by atoms with E-state index in [-0.39, 0.29) is 23.8 Å². The number of hydrogen-bond donors (Lipinski definition) is 1. The highest BCUT2D eigenvalue weighted by Gasteiger charge is 2.41. The molecule has 1 saturated carbocycles. The van der Waals surface area contributed by atoms with E-state index in [9.17, 15) is 9.50 Å². The molecule has 2 aliphatic rings. The second-order valence-electron chi connectivity index (χ2n) is 8.94. The lowest BCUT2D eigenvalue weighted by molar-refractivity contribution is -0.261. The SMILES string of the molecule is COc1nccc(-c2c(-c3ccc(F)cc3)ncn2C2CCC(C3(O)CCCCO3)CC2)n1. The molecule has 0 bridgehead atoms. The number of nitrogens with zero attached hydrogens (tertiary/aromatic N) is 4. The zero-order valence-electron chi connectivity index (χ0n) is 18.8. The summed E-state index contributed by atoms with van der Waals surface area (Å²) in [6.07, 6.45) is 9.85. The third-order valence-electron chi connectivity index (χ3n) is 6.98. The maximum Gasteiger partial charge on any atom is 0.316 e. The second kappa shape index (κ2) is 9.19. The quantitative estimate of drug-likeness (QED) is 0.600. The van der Waals surface area contributed by atoms with Crippen molar-refractivity contribution in [2.75, 3.05) is 13.7 Å². The van der Waals surface area contributed by atoms with Crippen molar-refractivity contribution in [1.29, 1.82) is 0 Å². The van der Waals surface area contributed by atoms with Gasteiger partial charge in [0.2, 0.25) is 0 Å². The van der Waals surface area contributed by atoms with Gasteiger partial charge in [-0.15, -0.1) is 0 Å². The Hall–Kier alpha value is -2.84. The molecule has 0 amide bonds. The van der Waals surface area contributed by atoms with Crippen LogP contribution in [0.3, 0.4) is 0 Å². The van der Waals surface area contributed by atoms with Crippen LogP contribution in [0.2, 0.25) is 0 Å². The summed E-state index contributed by atoms with van der Waals surface area (Å²) in [5.41, 5.74) is 3.13. The van der Waals surface area contributed by atoms with Crippen LogP contribution in [0.1, 0.15) is 51.0 Å². The third kappa shape index (κ3) is 4.37. The molecular formula is C25H29FN4O3. The number of imidazole rings is 1.